The second kappa shape index (κ2) is 5.51. The lowest BCUT2D eigenvalue weighted by Gasteiger charge is -2.13. The minimum Gasteiger partial charge on any atom is -0.490 e. The molecule has 0 heterocycles. The molecule has 3 heteroatoms. The fraction of sp³-hybridized carbons (Fsp3) is 0.417. The highest BCUT2D eigenvalue weighted by molar-refractivity contribution is 5.75. The van der Waals surface area contributed by atoms with E-state index in [1.165, 1.54) is 0 Å². The molecule has 1 aromatic carbocycles. The summed E-state index contributed by atoms with van der Waals surface area (Å²) in [7, 11) is 0. The molecule has 15 heavy (non-hydrogen) atoms. The zero-order valence-corrected chi connectivity index (χ0v) is 9.06. The molecule has 82 valence electrons. The molecule has 0 aliphatic rings. The fourth-order valence-electron chi connectivity index (χ4n) is 1.40. The summed E-state index contributed by atoms with van der Waals surface area (Å²) in [5, 5.41) is 8.93. The number of ketones is 1. The third kappa shape index (κ3) is 4.13. The largest absolute Gasteiger partial charge is 0.490 e. The van der Waals surface area contributed by atoms with E-state index in [4.69, 9.17) is 9.84 Å². The van der Waals surface area contributed by atoms with Crippen LogP contribution in [0.2, 0.25) is 0 Å². The van der Waals surface area contributed by atoms with Crippen molar-refractivity contribution in [3.63, 3.8) is 0 Å². The van der Waals surface area contributed by atoms with Crippen molar-refractivity contribution in [3.05, 3.63) is 29.8 Å². The van der Waals surface area contributed by atoms with Crippen LogP contribution in [0.15, 0.2) is 24.3 Å². The molecule has 1 aromatic rings. The van der Waals surface area contributed by atoms with Crippen LogP contribution in [0, 0.1) is 0 Å². The molecule has 1 N–H and O–H groups in total. The summed E-state index contributed by atoms with van der Waals surface area (Å²) in [5.41, 5.74) is 0.808. The van der Waals surface area contributed by atoms with Gasteiger partial charge in [0, 0.05) is 6.42 Å². The summed E-state index contributed by atoms with van der Waals surface area (Å²) >= 11 is 0. The molecule has 0 radical (unpaired) electrons. The molecule has 1 rings (SSSR count). The van der Waals surface area contributed by atoms with E-state index in [0.717, 1.165) is 5.56 Å². The van der Waals surface area contributed by atoms with Gasteiger partial charge < -0.3 is 9.84 Å². The molecule has 0 saturated heterocycles. The summed E-state index contributed by atoms with van der Waals surface area (Å²) < 4.78 is 5.54. The third-order valence-corrected chi connectivity index (χ3v) is 1.99. The van der Waals surface area contributed by atoms with Crippen molar-refractivity contribution in [1.82, 2.24) is 0 Å². The first-order chi connectivity index (χ1) is 7.11. The van der Waals surface area contributed by atoms with Crippen molar-refractivity contribution in [1.29, 1.82) is 0 Å². The maximum Gasteiger partial charge on any atom is 0.133 e. The molecule has 0 amide bonds. The third-order valence-electron chi connectivity index (χ3n) is 1.99. The lowest BCUT2D eigenvalue weighted by molar-refractivity contribution is -0.118. The molecule has 0 aromatic heterocycles. The van der Waals surface area contributed by atoms with Crippen LogP contribution >= 0.6 is 0 Å². The summed E-state index contributed by atoms with van der Waals surface area (Å²) in [4.78, 5) is 10.8. The predicted molar refractivity (Wildman–Crippen MR) is 57.8 cm³/mol. The van der Waals surface area contributed by atoms with E-state index in [0.29, 0.717) is 12.2 Å². The molecule has 0 fully saturated rings. The van der Waals surface area contributed by atoms with Gasteiger partial charge in [0.2, 0.25) is 0 Å². The van der Waals surface area contributed by atoms with Crippen LogP contribution in [0.3, 0.4) is 0 Å². The van der Waals surface area contributed by atoms with Gasteiger partial charge in [-0.3, -0.25) is 4.79 Å². The first-order valence-corrected chi connectivity index (χ1v) is 4.97. The number of carbonyl (C=O) groups excluding carboxylic acids is 1. The van der Waals surface area contributed by atoms with Gasteiger partial charge in [0.25, 0.3) is 0 Å². The topological polar surface area (TPSA) is 46.5 Å². The summed E-state index contributed by atoms with van der Waals surface area (Å²) in [6, 6.07) is 7.23. The Hall–Kier alpha value is -1.35. The van der Waals surface area contributed by atoms with Crippen molar-refractivity contribution in [3.8, 4) is 5.75 Å². The summed E-state index contributed by atoms with van der Waals surface area (Å²) in [5.74, 6) is 0.802. The SMILES string of the molecule is CC(=O)CC(C)Oc1cccc(CO)c1. The highest BCUT2D eigenvalue weighted by Crippen LogP contribution is 2.15. The molecule has 1 atom stereocenters. The van der Waals surface area contributed by atoms with Gasteiger partial charge in [-0.2, -0.15) is 0 Å². The minimum atomic E-state index is -0.128. The number of aliphatic hydroxyl groups is 1. The quantitative estimate of drug-likeness (QED) is 0.804. The Morgan fingerprint density at radius 3 is 2.87 bits per heavy atom. The molecule has 0 bridgehead atoms. The van der Waals surface area contributed by atoms with E-state index in [1.54, 1.807) is 13.0 Å². The zero-order chi connectivity index (χ0) is 11.3. The highest BCUT2D eigenvalue weighted by atomic mass is 16.5. The number of rotatable bonds is 5. The smallest absolute Gasteiger partial charge is 0.133 e. The second-order valence-electron chi connectivity index (χ2n) is 3.64. The Kier molecular flexibility index (Phi) is 4.31. The number of aliphatic hydroxyl groups excluding tert-OH is 1. The van der Waals surface area contributed by atoms with Crippen molar-refractivity contribution in [2.75, 3.05) is 0 Å². The maximum atomic E-state index is 10.8. The molecule has 3 nitrogen and oxygen atoms in total. The van der Waals surface area contributed by atoms with Gasteiger partial charge in [-0.05, 0) is 31.5 Å². The predicted octanol–water partition coefficient (Wildman–Crippen LogP) is 1.93. The molecule has 0 spiro atoms. The van der Waals surface area contributed by atoms with Gasteiger partial charge in [0.15, 0.2) is 0 Å². The average molecular weight is 208 g/mol. The van der Waals surface area contributed by atoms with Crippen molar-refractivity contribution < 1.29 is 14.6 Å². The molecular formula is C12H16O3. The lowest BCUT2D eigenvalue weighted by atomic mass is 10.2. The zero-order valence-electron chi connectivity index (χ0n) is 9.06. The van der Waals surface area contributed by atoms with Crippen LogP contribution in [0.4, 0.5) is 0 Å². The Balaban J connectivity index is 2.59. The van der Waals surface area contributed by atoms with Crippen LogP contribution in [0.1, 0.15) is 25.8 Å². The van der Waals surface area contributed by atoms with Crippen LogP contribution in [0.5, 0.6) is 5.75 Å². The van der Waals surface area contributed by atoms with Crippen LogP contribution in [-0.2, 0) is 11.4 Å². The van der Waals surface area contributed by atoms with E-state index in [9.17, 15) is 4.79 Å². The number of hydrogen-bond donors (Lipinski definition) is 1. The van der Waals surface area contributed by atoms with Crippen molar-refractivity contribution in [2.24, 2.45) is 0 Å². The molecule has 0 saturated carbocycles. The van der Waals surface area contributed by atoms with E-state index in [1.807, 2.05) is 25.1 Å². The Labute approximate surface area is 89.7 Å². The van der Waals surface area contributed by atoms with Gasteiger partial charge in [-0.25, -0.2) is 0 Å². The first kappa shape index (κ1) is 11.7. The van der Waals surface area contributed by atoms with E-state index < -0.39 is 0 Å². The van der Waals surface area contributed by atoms with Gasteiger partial charge in [0.05, 0.1) is 6.61 Å². The number of Topliss-reactive ketones (excluding diaryl/α,β-unsaturated/α-hetero) is 1. The molecule has 0 aliphatic carbocycles. The van der Waals surface area contributed by atoms with Crippen molar-refractivity contribution in [2.45, 2.75) is 33.0 Å². The maximum absolute atomic E-state index is 10.8. The van der Waals surface area contributed by atoms with Crippen LogP contribution in [-0.4, -0.2) is 17.0 Å². The van der Waals surface area contributed by atoms with Crippen LogP contribution < -0.4 is 4.74 Å². The number of benzene rings is 1. The van der Waals surface area contributed by atoms with Gasteiger partial charge in [-0.15, -0.1) is 0 Å². The van der Waals surface area contributed by atoms with E-state index >= 15 is 0 Å². The van der Waals surface area contributed by atoms with E-state index in [2.05, 4.69) is 0 Å². The fourth-order valence-corrected chi connectivity index (χ4v) is 1.40. The van der Waals surface area contributed by atoms with Crippen LogP contribution in [0.25, 0.3) is 0 Å². The Morgan fingerprint density at radius 1 is 1.53 bits per heavy atom. The Bertz CT molecular complexity index is 333. The van der Waals surface area contributed by atoms with Gasteiger partial charge in [0.1, 0.15) is 17.6 Å². The monoisotopic (exact) mass is 208 g/mol. The number of hydrogen-bond acceptors (Lipinski definition) is 3. The minimum absolute atomic E-state index is 0.00170. The average Bonchev–Trinajstić information content (AvgIpc) is 2.16. The number of ether oxygens (including phenoxy) is 1. The summed E-state index contributed by atoms with van der Waals surface area (Å²) in [6.07, 6.45) is 0.278. The van der Waals surface area contributed by atoms with Gasteiger partial charge in [-0.1, -0.05) is 12.1 Å². The molecular weight excluding hydrogens is 192 g/mol. The summed E-state index contributed by atoms with van der Waals surface area (Å²) in [6.45, 7) is 3.40. The van der Waals surface area contributed by atoms with Crippen molar-refractivity contribution >= 4 is 5.78 Å². The second-order valence-corrected chi connectivity index (χ2v) is 3.64. The molecule has 0 aliphatic heterocycles. The lowest BCUT2D eigenvalue weighted by Crippen LogP contribution is -2.15. The molecule has 1 unspecified atom stereocenters. The Morgan fingerprint density at radius 2 is 2.27 bits per heavy atom. The highest BCUT2D eigenvalue weighted by Gasteiger charge is 2.06. The first-order valence-electron chi connectivity index (χ1n) is 4.97. The van der Waals surface area contributed by atoms with E-state index in [-0.39, 0.29) is 18.5 Å². The standard InChI is InChI=1S/C12H16O3/c1-9(14)6-10(2)15-12-5-3-4-11(7-12)8-13/h3-5,7,10,13H,6,8H2,1-2H3. The van der Waals surface area contributed by atoms with Gasteiger partial charge >= 0.3 is 0 Å². The number of carbonyl (C=O) groups is 1. The normalized spacial score (nSPS) is 12.2.